The standard InChI is InChI=1S/C13H14N4S/c1-8-5-6-10(9(2)16-8)17-11-4-3-7-15-12(11)13(14)18/h3-7,17H,1-2H3,(H2,14,18). The third-order valence-electron chi connectivity index (χ3n) is 2.54. The Labute approximate surface area is 111 Å². The highest BCUT2D eigenvalue weighted by Gasteiger charge is 2.07. The molecule has 18 heavy (non-hydrogen) atoms. The number of pyridine rings is 2. The van der Waals surface area contributed by atoms with E-state index in [-0.39, 0.29) is 4.99 Å². The zero-order valence-corrected chi connectivity index (χ0v) is 11.1. The summed E-state index contributed by atoms with van der Waals surface area (Å²) in [5.41, 5.74) is 9.86. The van der Waals surface area contributed by atoms with Gasteiger partial charge in [0.2, 0.25) is 0 Å². The molecule has 0 saturated heterocycles. The second-order valence-electron chi connectivity index (χ2n) is 3.97. The van der Waals surface area contributed by atoms with Crippen LogP contribution in [0.25, 0.3) is 0 Å². The normalized spacial score (nSPS) is 10.1. The highest BCUT2D eigenvalue weighted by molar-refractivity contribution is 7.80. The van der Waals surface area contributed by atoms with Crippen molar-refractivity contribution < 1.29 is 0 Å². The van der Waals surface area contributed by atoms with Gasteiger partial charge in [0.15, 0.2) is 0 Å². The summed E-state index contributed by atoms with van der Waals surface area (Å²) < 4.78 is 0. The first-order valence-electron chi connectivity index (χ1n) is 5.54. The Morgan fingerprint density at radius 1 is 1.22 bits per heavy atom. The third kappa shape index (κ3) is 2.62. The molecule has 3 N–H and O–H groups in total. The first kappa shape index (κ1) is 12.4. The summed E-state index contributed by atoms with van der Waals surface area (Å²) in [5.74, 6) is 0. The van der Waals surface area contributed by atoms with Gasteiger partial charge in [-0.2, -0.15) is 0 Å². The Bertz CT molecular complexity index is 595. The average Bonchev–Trinajstić information content (AvgIpc) is 2.33. The molecule has 0 aliphatic rings. The molecule has 2 aromatic rings. The van der Waals surface area contributed by atoms with E-state index in [1.165, 1.54) is 0 Å². The van der Waals surface area contributed by atoms with Gasteiger partial charge < -0.3 is 11.1 Å². The number of nitrogens with one attached hydrogen (secondary N) is 1. The zero-order valence-electron chi connectivity index (χ0n) is 10.3. The summed E-state index contributed by atoms with van der Waals surface area (Å²) >= 11 is 4.98. The summed E-state index contributed by atoms with van der Waals surface area (Å²) in [6, 6.07) is 7.65. The number of rotatable bonds is 3. The molecule has 92 valence electrons. The minimum absolute atomic E-state index is 0.274. The van der Waals surface area contributed by atoms with Crippen molar-refractivity contribution >= 4 is 28.6 Å². The van der Waals surface area contributed by atoms with Gasteiger partial charge in [-0.25, -0.2) is 0 Å². The van der Waals surface area contributed by atoms with Crippen LogP contribution in [0, 0.1) is 13.8 Å². The van der Waals surface area contributed by atoms with Crippen LogP contribution in [0.15, 0.2) is 30.5 Å². The first-order valence-corrected chi connectivity index (χ1v) is 5.95. The van der Waals surface area contributed by atoms with E-state index in [1.807, 2.05) is 38.1 Å². The second-order valence-corrected chi connectivity index (χ2v) is 4.41. The molecule has 0 aliphatic heterocycles. The lowest BCUT2D eigenvalue weighted by atomic mass is 10.2. The summed E-state index contributed by atoms with van der Waals surface area (Å²) in [4.78, 5) is 8.84. The maximum atomic E-state index is 5.64. The van der Waals surface area contributed by atoms with E-state index in [4.69, 9.17) is 18.0 Å². The van der Waals surface area contributed by atoms with E-state index >= 15 is 0 Å². The summed E-state index contributed by atoms with van der Waals surface area (Å²) in [7, 11) is 0. The molecule has 0 saturated carbocycles. The molecule has 0 atom stereocenters. The Balaban J connectivity index is 2.37. The lowest BCUT2D eigenvalue weighted by Gasteiger charge is -2.12. The van der Waals surface area contributed by atoms with Crippen LogP contribution in [0.3, 0.4) is 0 Å². The lowest BCUT2D eigenvalue weighted by molar-refractivity contribution is 1.12. The van der Waals surface area contributed by atoms with Gasteiger partial charge in [-0.05, 0) is 38.1 Å². The Kier molecular flexibility index (Phi) is 3.53. The van der Waals surface area contributed by atoms with Crippen molar-refractivity contribution in [3.63, 3.8) is 0 Å². The highest BCUT2D eigenvalue weighted by atomic mass is 32.1. The molecule has 0 bridgehead atoms. The van der Waals surface area contributed by atoms with E-state index < -0.39 is 0 Å². The van der Waals surface area contributed by atoms with Gasteiger partial charge in [0.25, 0.3) is 0 Å². The number of aromatic nitrogens is 2. The fraction of sp³-hybridized carbons (Fsp3) is 0.154. The van der Waals surface area contributed by atoms with E-state index in [0.717, 1.165) is 22.8 Å². The molecule has 5 heteroatoms. The number of aryl methyl sites for hydroxylation is 2. The predicted molar refractivity (Wildman–Crippen MR) is 77.1 cm³/mol. The minimum atomic E-state index is 0.274. The molecule has 0 aromatic carbocycles. The largest absolute Gasteiger partial charge is 0.388 e. The van der Waals surface area contributed by atoms with Crippen molar-refractivity contribution in [1.82, 2.24) is 9.97 Å². The fourth-order valence-corrected chi connectivity index (χ4v) is 1.83. The third-order valence-corrected chi connectivity index (χ3v) is 2.73. The van der Waals surface area contributed by atoms with Crippen molar-refractivity contribution in [1.29, 1.82) is 0 Å². The smallest absolute Gasteiger partial charge is 0.124 e. The van der Waals surface area contributed by atoms with Crippen LogP contribution in [0.5, 0.6) is 0 Å². The van der Waals surface area contributed by atoms with E-state index in [9.17, 15) is 0 Å². The van der Waals surface area contributed by atoms with Crippen LogP contribution in [0.1, 0.15) is 17.1 Å². The van der Waals surface area contributed by atoms with E-state index in [2.05, 4.69) is 15.3 Å². The van der Waals surface area contributed by atoms with Crippen LogP contribution in [0.2, 0.25) is 0 Å². The zero-order chi connectivity index (χ0) is 13.1. The fourth-order valence-electron chi connectivity index (χ4n) is 1.67. The monoisotopic (exact) mass is 258 g/mol. The van der Waals surface area contributed by atoms with Gasteiger partial charge in [-0.1, -0.05) is 12.2 Å². The summed E-state index contributed by atoms with van der Waals surface area (Å²) in [5, 5.41) is 3.26. The van der Waals surface area contributed by atoms with Gasteiger partial charge >= 0.3 is 0 Å². The van der Waals surface area contributed by atoms with Gasteiger partial charge in [0.1, 0.15) is 10.7 Å². The molecule has 2 rings (SSSR count). The number of nitrogens with zero attached hydrogens (tertiary/aromatic N) is 2. The Morgan fingerprint density at radius 2 is 2.00 bits per heavy atom. The number of thiocarbonyl (C=S) groups is 1. The van der Waals surface area contributed by atoms with Crippen LogP contribution < -0.4 is 11.1 Å². The number of anilines is 2. The van der Waals surface area contributed by atoms with Crippen molar-refractivity contribution in [2.45, 2.75) is 13.8 Å². The molecule has 2 aromatic heterocycles. The van der Waals surface area contributed by atoms with Gasteiger partial charge in [0.05, 0.1) is 17.1 Å². The molecule has 0 unspecified atom stereocenters. The maximum Gasteiger partial charge on any atom is 0.124 e. The van der Waals surface area contributed by atoms with Crippen LogP contribution in [-0.2, 0) is 0 Å². The predicted octanol–water partition coefficient (Wildman–Crippen LogP) is 2.47. The summed E-state index contributed by atoms with van der Waals surface area (Å²) in [6.45, 7) is 3.91. The molecular formula is C13H14N4S. The van der Waals surface area contributed by atoms with Gasteiger partial charge in [0, 0.05) is 11.9 Å². The van der Waals surface area contributed by atoms with E-state index in [0.29, 0.717) is 5.69 Å². The number of hydrogen-bond donors (Lipinski definition) is 2. The van der Waals surface area contributed by atoms with E-state index in [1.54, 1.807) is 6.20 Å². The quantitative estimate of drug-likeness (QED) is 0.828. The second kappa shape index (κ2) is 5.10. The number of hydrogen-bond acceptors (Lipinski definition) is 4. The molecular weight excluding hydrogens is 244 g/mol. The molecule has 0 aliphatic carbocycles. The van der Waals surface area contributed by atoms with Crippen LogP contribution in [-0.4, -0.2) is 15.0 Å². The topological polar surface area (TPSA) is 63.8 Å². The molecule has 0 spiro atoms. The minimum Gasteiger partial charge on any atom is -0.388 e. The summed E-state index contributed by atoms with van der Waals surface area (Å²) in [6.07, 6.45) is 1.67. The van der Waals surface area contributed by atoms with Crippen LogP contribution in [0.4, 0.5) is 11.4 Å². The lowest BCUT2D eigenvalue weighted by Crippen LogP contribution is -2.14. The Morgan fingerprint density at radius 3 is 2.67 bits per heavy atom. The van der Waals surface area contributed by atoms with Crippen molar-refractivity contribution in [2.75, 3.05) is 5.32 Å². The molecule has 0 fully saturated rings. The first-order chi connectivity index (χ1) is 8.58. The van der Waals surface area contributed by atoms with Crippen molar-refractivity contribution in [3.05, 3.63) is 47.5 Å². The Hall–Kier alpha value is -2.01. The number of nitrogens with two attached hydrogens (primary N) is 1. The molecule has 4 nitrogen and oxygen atoms in total. The van der Waals surface area contributed by atoms with Gasteiger partial charge in [-0.15, -0.1) is 0 Å². The average molecular weight is 258 g/mol. The van der Waals surface area contributed by atoms with Gasteiger partial charge in [-0.3, -0.25) is 9.97 Å². The van der Waals surface area contributed by atoms with Crippen molar-refractivity contribution in [2.24, 2.45) is 5.73 Å². The maximum absolute atomic E-state index is 5.64. The van der Waals surface area contributed by atoms with Crippen molar-refractivity contribution in [3.8, 4) is 0 Å². The van der Waals surface area contributed by atoms with Crippen LogP contribution >= 0.6 is 12.2 Å². The highest BCUT2D eigenvalue weighted by Crippen LogP contribution is 2.21. The SMILES string of the molecule is Cc1ccc(Nc2cccnc2C(N)=S)c(C)n1. The molecule has 0 radical (unpaired) electrons. The molecule has 2 heterocycles. The molecule has 0 amide bonds.